The third kappa shape index (κ3) is 5.66. The largest absolute Gasteiger partial charge is 1.00 e. The zero-order valence-electron chi connectivity index (χ0n) is 18.2. The van der Waals surface area contributed by atoms with Crippen molar-refractivity contribution in [1.29, 1.82) is 5.26 Å². The molecule has 2 heterocycles. The SMILES string of the molecule is CC(ON1C(C)(C)CCCC1(C)C)c1cc[n+](Cc2ccc(C#N)cc2)cc1.[Br-]. The highest BCUT2D eigenvalue weighted by Gasteiger charge is 2.43. The number of hydrogen-bond acceptors (Lipinski definition) is 3. The van der Waals surface area contributed by atoms with Gasteiger partial charge in [0.2, 0.25) is 0 Å². The van der Waals surface area contributed by atoms with E-state index in [1.165, 1.54) is 17.5 Å². The molecule has 1 atom stereocenters. The summed E-state index contributed by atoms with van der Waals surface area (Å²) >= 11 is 0. The Bertz CT molecular complexity index is 822. The topological polar surface area (TPSA) is 40.1 Å². The molecule has 5 heteroatoms. The van der Waals surface area contributed by atoms with Crippen molar-refractivity contribution in [2.45, 2.75) is 77.6 Å². The first-order chi connectivity index (χ1) is 13.2. The number of aromatic nitrogens is 1. The standard InChI is InChI=1S/C24H32N3O.BrH/c1-19(28-27-23(2,3)13-6-14-24(27,4)5)22-11-15-26(16-12-22)18-21-9-7-20(17-25)8-10-21;/h7-12,15-16,19H,6,13-14,18H2,1-5H3;1H/q+1;/p-1. The van der Waals surface area contributed by atoms with Gasteiger partial charge >= 0.3 is 0 Å². The molecular weight excluding hydrogens is 426 g/mol. The number of hydroxylamine groups is 2. The van der Waals surface area contributed by atoms with Gasteiger partial charge in [-0.05, 0) is 71.6 Å². The Balaban J connectivity index is 0.00000300. The predicted octanol–water partition coefficient (Wildman–Crippen LogP) is 1.93. The molecule has 1 aliphatic rings. The molecule has 0 amide bonds. The van der Waals surface area contributed by atoms with E-state index in [9.17, 15) is 0 Å². The number of halogens is 1. The van der Waals surface area contributed by atoms with Crippen LogP contribution in [0.5, 0.6) is 0 Å². The zero-order valence-corrected chi connectivity index (χ0v) is 19.7. The van der Waals surface area contributed by atoms with Gasteiger partial charge in [0.1, 0.15) is 6.10 Å². The fourth-order valence-electron chi connectivity index (χ4n) is 4.22. The fourth-order valence-corrected chi connectivity index (χ4v) is 4.22. The molecule has 1 fully saturated rings. The second-order valence-electron chi connectivity index (χ2n) is 9.13. The molecular formula is C24H32BrN3O. The summed E-state index contributed by atoms with van der Waals surface area (Å²) in [5, 5.41) is 11.1. The summed E-state index contributed by atoms with van der Waals surface area (Å²) in [6, 6.07) is 14.2. The molecule has 4 nitrogen and oxygen atoms in total. The smallest absolute Gasteiger partial charge is 0.173 e. The van der Waals surface area contributed by atoms with Gasteiger partial charge in [-0.25, -0.2) is 4.57 Å². The molecule has 0 aliphatic carbocycles. The second-order valence-corrected chi connectivity index (χ2v) is 9.13. The van der Waals surface area contributed by atoms with Crippen LogP contribution in [-0.4, -0.2) is 16.1 Å². The Hall–Kier alpha value is -1.74. The lowest BCUT2D eigenvalue weighted by Gasteiger charge is -2.52. The summed E-state index contributed by atoms with van der Waals surface area (Å²) in [4.78, 5) is 6.49. The van der Waals surface area contributed by atoms with Gasteiger partial charge in [-0.1, -0.05) is 12.1 Å². The Kier molecular flexibility index (Phi) is 7.62. The average Bonchev–Trinajstić information content (AvgIpc) is 2.65. The van der Waals surface area contributed by atoms with Crippen LogP contribution in [0.25, 0.3) is 0 Å². The minimum absolute atomic E-state index is 0. The number of pyridine rings is 1. The lowest BCUT2D eigenvalue weighted by atomic mass is 9.82. The van der Waals surface area contributed by atoms with Crippen LogP contribution in [-0.2, 0) is 11.4 Å². The van der Waals surface area contributed by atoms with Crippen LogP contribution in [0.4, 0.5) is 0 Å². The van der Waals surface area contributed by atoms with Gasteiger partial charge in [0.05, 0.1) is 11.6 Å². The Morgan fingerprint density at radius 1 is 1.03 bits per heavy atom. The lowest BCUT2D eigenvalue weighted by Crippen LogP contribution is -3.00. The van der Waals surface area contributed by atoms with E-state index in [-0.39, 0.29) is 34.2 Å². The molecule has 29 heavy (non-hydrogen) atoms. The van der Waals surface area contributed by atoms with Crippen LogP contribution in [0.3, 0.4) is 0 Å². The summed E-state index contributed by atoms with van der Waals surface area (Å²) in [7, 11) is 0. The molecule has 0 bridgehead atoms. The molecule has 3 rings (SSSR count). The molecule has 1 aromatic heterocycles. The fraction of sp³-hybridized carbons (Fsp3) is 0.500. The molecule has 1 unspecified atom stereocenters. The monoisotopic (exact) mass is 457 g/mol. The van der Waals surface area contributed by atoms with Crippen molar-refractivity contribution in [1.82, 2.24) is 5.06 Å². The predicted molar refractivity (Wildman–Crippen MR) is 110 cm³/mol. The van der Waals surface area contributed by atoms with Gasteiger partial charge < -0.3 is 17.0 Å². The van der Waals surface area contributed by atoms with Crippen LogP contribution >= 0.6 is 0 Å². The molecule has 1 saturated heterocycles. The molecule has 1 aromatic carbocycles. The number of nitrogens with zero attached hydrogens (tertiary/aromatic N) is 3. The van der Waals surface area contributed by atoms with E-state index in [1.807, 2.05) is 24.3 Å². The van der Waals surface area contributed by atoms with E-state index in [4.69, 9.17) is 10.1 Å². The highest BCUT2D eigenvalue weighted by molar-refractivity contribution is 5.31. The van der Waals surface area contributed by atoms with Gasteiger partial charge in [-0.2, -0.15) is 10.3 Å². The number of benzene rings is 1. The highest BCUT2D eigenvalue weighted by Crippen LogP contribution is 2.40. The zero-order chi connectivity index (χ0) is 20.4. The first-order valence-electron chi connectivity index (χ1n) is 10.2. The van der Waals surface area contributed by atoms with Crippen LogP contribution in [0.2, 0.25) is 0 Å². The maximum Gasteiger partial charge on any atom is 0.173 e. The Labute approximate surface area is 185 Å². The van der Waals surface area contributed by atoms with Crippen molar-refractivity contribution in [3.63, 3.8) is 0 Å². The van der Waals surface area contributed by atoms with Crippen LogP contribution in [0.1, 0.15) is 76.7 Å². The maximum atomic E-state index is 8.91. The van der Waals surface area contributed by atoms with Crippen molar-refractivity contribution in [3.05, 3.63) is 65.5 Å². The van der Waals surface area contributed by atoms with Gasteiger partial charge in [-0.3, -0.25) is 4.84 Å². The molecule has 2 aromatic rings. The van der Waals surface area contributed by atoms with E-state index in [0.717, 1.165) is 19.4 Å². The first-order valence-corrected chi connectivity index (χ1v) is 10.2. The third-order valence-corrected chi connectivity index (χ3v) is 5.77. The average molecular weight is 458 g/mol. The highest BCUT2D eigenvalue weighted by atomic mass is 79.9. The van der Waals surface area contributed by atoms with E-state index < -0.39 is 0 Å². The Morgan fingerprint density at radius 3 is 2.10 bits per heavy atom. The summed E-state index contributed by atoms with van der Waals surface area (Å²) < 4.78 is 2.15. The summed E-state index contributed by atoms with van der Waals surface area (Å²) in [5.74, 6) is 0. The molecule has 0 saturated carbocycles. The number of nitriles is 1. The van der Waals surface area contributed by atoms with Crippen molar-refractivity contribution < 1.29 is 26.4 Å². The van der Waals surface area contributed by atoms with Crippen molar-refractivity contribution in [2.75, 3.05) is 0 Å². The quantitative estimate of drug-likeness (QED) is 0.644. The van der Waals surface area contributed by atoms with Crippen LogP contribution < -0.4 is 21.5 Å². The van der Waals surface area contributed by atoms with Crippen LogP contribution in [0, 0.1) is 11.3 Å². The van der Waals surface area contributed by atoms with Crippen molar-refractivity contribution >= 4 is 0 Å². The number of rotatable bonds is 5. The van der Waals surface area contributed by atoms with E-state index in [2.05, 4.69) is 74.8 Å². The summed E-state index contributed by atoms with van der Waals surface area (Å²) in [6.07, 6.45) is 7.75. The minimum Gasteiger partial charge on any atom is -1.00 e. The number of hydrogen-bond donors (Lipinski definition) is 0. The van der Waals surface area contributed by atoms with E-state index >= 15 is 0 Å². The van der Waals surface area contributed by atoms with Crippen LogP contribution in [0.15, 0.2) is 48.8 Å². The molecule has 1 aliphatic heterocycles. The normalized spacial score (nSPS) is 19.0. The second kappa shape index (κ2) is 9.38. The molecule has 0 radical (unpaired) electrons. The van der Waals surface area contributed by atoms with Gasteiger partial charge in [0.15, 0.2) is 18.9 Å². The van der Waals surface area contributed by atoms with Gasteiger partial charge in [-0.15, -0.1) is 0 Å². The van der Waals surface area contributed by atoms with Gasteiger partial charge in [0.25, 0.3) is 0 Å². The summed E-state index contributed by atoms with van der Waals surface area (Å²) in [5.41, 5.74) is 3.13. The molecule has 0 spiro atoms. The molecule has 0 N–H and O–H groups in total. The van der Waals surface area contributed by atoms with Gasteiger partial charge in [0, 0.05) is 28.8 Å². The van der Waals surface area contributed by atoms with E-state index in [1.54, 1.807) is 0 Å². The Morgan fingerprint density at radius 2 is 1.59 bits per heavy atom. The minimum atomic E-state index is 0. The van der Waals surface area contributed by atoms with Crippen molar-refractivity contribution in [2.24, 2.45) is 0 Å². The lowest BCUT2D eigenvalue weighted by molar-refractivity contribution is -0.688. The third-order valence-electron chi connectivity index (χ3n) is 5.77. The summed E-state index contributed by atoms with van der Waals surface area (Å²) in [6.45, 7) is 12.0. The molecule has 156 valence electrons. The first kappa shape index (κ1) is 23.5. The van der Waals surface area contributed by atoms with Crippen molar-refractivity contribution in [3.8, 4) is 6.07 Å². The van der Waals surface area contributed by atoms with E-state index in [0.29, 0.717) is 5.56 Å². The maximum absolute atomic E-state index is 8.91. The number of piperidine rings is 1.